The van der Waals surface area contributed by atoms with Crippen molar-refractivity contribution in [2.45, 2.75) is 12.5 Å². The molecule has 1 atom stereocenters. The molecule has 1 aliphatic rings. The van der Waals surface area contributed by atoms with Crippen LogP contribution >= 0.6 is 0 Å². The number of para-hydroxylation sites is 2. The van der Waals surface area contributed by atoms with E-state index in [0.29, 0.717) is 25.5 Å². The van der Waals surface area contributed by atoms with Gasteiger partial charge in [-0.3, -0.25) is 4.79 Å². The molecule has 2 heterocycles. The second-order valence-corrected chi connectivity index (χ2v) is 4.86. The van der Waals surface area contributed by atoms with E-state index in [0.717, 1.165) is 11.5 Å². The van der Waals surface area contributed by atoms with E-state index in [-0.39, 0.29) is 17.8 Å². The topological polar surface area (TPSA) is 69.9 Å². The number of hydrogen-bond donors (Lipinski definition) is 1. The number of furan rings is 1. The Morgan fingerprint density at radius 3 is 2.86 bits per heavy atom. The zero-order valence-electron chi connectivity index (χ0n) is 12.2. The molecule has 0 aliphatic carbocycles. The summed E-state index contributed by atoms with van der Waals surface area (Å²) in [6.07, 6.45) is 0.569. The quantitative estimate of drug-likeness (QED) is 0.917. The average Bonchev–Trinajstić information content (AvgIpc) is 3.04. The summed E-state index contributed by atoms with van der Waals surface area (Å²) in [5, 5.41) is 2.78. The Morgan fingerprint density at radius 2 is 2.09 bits per heavy atom. The number of fused-ring (bicyclic) bond motifs is 1. The van der Waals surface area contributed by atoms with Crippen molar-refractivity contribution < 1.29 is 23.4 Å². The van der Waals surface area contributed by atoms with Crippen LogP contribution in [-0.2, 0) is 0 Å². The molecule has 0 saturated heterocycles. The van der Waals surface area contributed by atoms with Gasteiger partial charge in [-0.2, -0.15) is 0 Å². The molecule has 0 unspecified atom stereocenters. The van der Waals surface area contributed by atoms with Gasteiger partial charge in [0.25, 0.3) is 11.9 Å². The molecule has 0 saturated carbocycles. The fourth-order valence-electron chi connectivity index (χ4n) is 2.19. The van der Waals surface area contributed by atoms with Gasteiger partial charge in [-0.05, 0) is 18.2 Å². The summed E-state index contributed by atoms with van der Waals surface area (Å²) in [7, 11) is 1.48. The number of ether oxygens (including phenoxy) is 3. The van der Waals surface area contributed by atoms with Crippen LogP contribution in [-0.4, -0.2) is 32.3 Å². The summed E-state index contributed by atoms with van der Waals surface area (Å²) in [5.74, 6) is 1.75. The standard InChI is InChI=1S/C16H17NO5/c1-19-15-7-6-14(22-15)16(18)17-9-8-11-10-20-12-4-2-3-5-13(12)21-11/h2-7,11H,8-10H2,1H3,(H,17,18)/t11-/m0/s1. The van der Waals surface area contributed by atoms with Gasteiger partial charge in [0, 0.05) is 19.0 Å². The fraction of sp³-hybridized carbons (Fsp3) is 0.312. The number of methoxy groups -OCH3 is 1. The molecule has 1 aromatic carbocycles. The summed E-state index contributed by atoms with van der Waals surface area (Å²) in [4.78, 5) is 11.9. The van der Waals surface area contributed by atoms with Gasteiger partial charge in [-0.1, -0.05) is 12.1 Å². The number of carbonyl (C=O) groups excluding carboxylic acids is 1. The van der Waals surface area contributed by atoms with Gasteiger partial charge >= 0.3 is 0 Å². The van der Waals surface area contributed by atoms with E-state index >= 15 is 0 Å². The van der Waals surface area contributed by atoms with Crippen molar-refractivity contribution in [1.29, 1.82) is 0 Å². The molecule has 22 heavy (non-hydrogen) atoms. The van der Waals surface area contributed by atoms with Crippen LogP contribution in [0.2, 0.25) is 0 Å². The van der Waals surface area contributed by atoms with Crippen LogP contribution in [0.3, 0.4) is 0 Å². The lowest BCUT2D eigenvalue weighted by Crippen LogP contribution is -2.34. The first kappa shape index (κ1) is 14.3. The summed E-state index contributed by atoms with van der Waals surface area (Å²) in [6, 6.07) is 10.7. The average molecular weight is 303 g/mol. The molecule has 0 fully saturated rings. The molecule has 6 nitrogen and oxygen atoms in total. The fourth-order valence-corrected chi connectivity index (χ4v) is 2.19. The Labute approximate surface area is 128 Å². The highest BCUT2D eigenvalue weighted by atomic mass is 16.6. The van der Waals surface area contributed by atoms with Gasteiger partial charge in [0.2, 0.25) is 0 Å². The third-order valence-electron chi connectivity index (χ3n) is 3.33. The van der Waals surface area contributed by atoms with E-state index in [2.05, 4.69) is 5.32 Å². The summed E-state index contributed by atoms with van der Waals surface area (Å²) in [6.45, 7) is 0.944. The first-order valence-corrected chi connectivity index (χ1v) is 7.07. The highest BCUT2D eigenvalue weighted by Gasteiger charge is 2.20. The molecule has 116 valence electrons. The lowest BCUT2D eigenvalue weighted by molar-refractivity contribution is 0.0802. The van der Waals surface area contributed by atoms with Crippen LogP contribution < -0.4 is 19.5 Å². The number of hydrogen-bond acceptors (Lipinski definition) is 5. The van der Waals surface area contributed by atoms with Gasteiger partial charge in [0.15, 0.2) is 17.3 Å². The van der Waals surface area contributed by atoms with E-state index in [1.165, 1.54) is 7.11 Å². The Kier molecular flexibility index (Phi) is 4.18. The van der Waals surface area contributed by atoms with E-state index in [1.54, 1.807) is 12.1 Å². The maximum atomic E-state index is 11.9. The SMILES string of the molecule is COc1ccc(C(=O)NCC[C@H]2COc3ccccc3O2)o1. The van der Waals surface area contributed by atoms with Crippen LogP contribution in [0, 0.1) is 0 Å². The molecular formula is C16H17NO5. The minimum atomic E-state index is -0.277. The number of rotatable bonds is 5. The second-order valence-electron chi connectivity index (χ2n) is 4.86. The predicted octanol–water partition coefficient (Wildman–Crippen LogP) is 2.25. The number of nitrogens with one attached hydrogen (secondary N) is 1. The van der Waals surface area contributed by atoms with Gasteiger partial charge in [-0.15, -0.1) is 0 Å². The van der Waals surface area contributed by atoms with Crippen LogP contribution in [0.15, 0.2) is 40.8 Å². The normalized spacial score (nSPS) is 16.1. The van der Waals surface area contributed by atoms with Gasteiger partial charge in [0.05, 0.1) is 7.11 Å². The van der Waals surface area contributed by atoms with Crippen molar-refractivity contribution in [3.63, 3.8) is 0 Å². The number of amides is 1. The summed E-state index contributed by atoms with van der Waals surface area (Å²) >= 11 is 0. The summed E-state index contributed by atoms with van der Waals surface area (Å²) < 4.78 is 21.5. The van der Waals surface area contributed by atoms with Crippen molar-refractivity contribution in [3.8, 4) is 17.4 Å². The third kappa shape index (κ3) is 3.16. The van der Waals surface area contributed by atoms with Crippen molar-refractivity contribution in [2.75, 3.05) is 20.3 Å². The van der Waals surface area contributed by atoms with Crippen molar-refractivity contribution in [3.05, 3.63) is 42.2 Å². The molecule has 0 radical (unpaired) electrons. The highest BCUT2D eigenvalue weighted by Crippen LogP contribution is 2.31. The summed E-state index contributed by atoms with van der Waals surface area (Å²) in [5.41, 5.74) is 0. The molecule has 2 aromatic rings. The lowest BCUT2D eigenvalue weighted by Gasteiger charge is -2.26. The first-order valence-electron chi connectivity index (χ1n) is 7.07. The molecule has 0 bridgehead atoms. The lowest BCUT2D eigenvalue weighted by atomic mass is 10.2. The van der Waals surface area contributed by atoms with Crippen LogP contribution in [0.4, 0.5) is 0 Å². The molecule has 1 aromatic heterocycles. The Balaban J connectivity index is 1.47. The minimum absolute atomic E-state index is 0.0821. The van der Waals surface area contributed by atoms with E-state index < -0.39 is 0 Å². The number of carbonyl (C=O) groups is 1. The molecule has 3 rings (SSSR count). The van der Waals surface area contributed by atoms with Gasteiger partial charge in [0.1, 0.15) is 12.7 Å². The van der Waals surface area contributed by atoms with Crippen LogP contribution in [0.5, 0.6) is 17.4 Å². The van der Waals surface area contributed by atoms with Crippen molar-refractivity contribution >= 4 is 5.91 Å². The zero-order chi connectivity index (χ0) is 15.4. The van der Waals surface area contributed by atoms with E-state index in [9.17, 15) is 4.79 Å². The Morgan fingerprint density at radius 1 is 1.27 bits per heavy atom. The van der Waals surface area contributed by atoms with Crippen molar-refractivity contribution in [2.24, 2.45) is 0 Å². The monoisotopic (exact) mass is 303 g/mol. The molecule has 1 amide bonds. The first-order chi connectivity index (χ1) is 10.8. The van der Waals surface area contributed by atoms with Crippen LogP contribution in [0.1, 0.15) is 17.0 Å². The maximum Gasteiger partial charge on any atom is 0.287 e. The molecular weight excluding hydrogens is 286 g/mol. The molecule has 1 N–H and O–H groups in total. The number of benzene rings is 1. The smallest absolute Gasteiger partial charge is 0.287 e. The zero-order valence-corrected chi connectivity index (χ0v) is 12.2. The maximum absolute atomic E-state index is 11.9. The highest BCUT2D eigenvalue weighted by molar-refractivity contribution is 5.91. The second kappa shape index (κ2) is 6.43. The van der Waals surface area contributed by atoms with Crippen molar-refractivity contribution in [1.82, 2.24) is 5.32 Å². The largest absolute Gasteiger partial charge is 0.486 e. The van der Waals surface area contributed by atoms with E-state index in [4.69, 9.17) is 18.6 Å². The molecule has 6 heteroatoms. The van der Waals surface area contributed by atoms with Crippen LogP contribution in [0.25, 0.3) is 0 Å². The third-order valence-corrected chi connectivity index (χ3v) is 3.33. The molecule has 0 spiro atoms. The van der Waals surface area contributed by atoms with E-state index in [1.807, 2.05) is 24.3 Å². The van der Waals surface area contributed by atoms with Gasteiger partial charge < -0.3 is 23.9 Å². The van der Waals surface area contributed by atoms with Gasteiger partial charge in [-0.25, -0.2) is 0 Å². The minimum Gasteiger partial charge on any atom is -0.486 e. The Hall–Kier alpha value is -2.63. The Bertz CT molecular complexity index is 651. The molecule has 1 aliphatic heterocycles. The predicted molar refractivity (Wildman–Crippen MR) is 78.6 cm³/mol.